The van der Waals surface area contributed by atoms with Crippen molar-refractivity contribution in [3.63, 3.8) is 0 Å². The summed E-state index contributed by atoms with van der Waals surface area (Å²) in [5.41, 5.74) is 0. The average Bonchev–Trinajstić information content (AvgIpc) is 2.60. The monoisotopic (exact) mass is 356 g/mol. The Morgan fingerprint density at radius 3 is 2.04 bits per heavy atom. The van der Waals surface area contributed by atoms with Gasteiger partial charge < -0.3 is 9.26 Å². The molecule has 0 bridgehead atoms. The third kappa shape index (κ3) is 8.75. The van der Waals surface area contributed by atoms with Crippen molar-refractivity contribution >= 4 is 7.60 Å². The first kappa shape index (κ1) is 21.1. The van der Waals surface area contributed by atoms with Crippen molar-refractivity contribution in [2.24, 2.45) is 0 Å². The second-order valence-electron chi connectivity index (χ2n) is 6.06. The van der Waals surface area contributed by atoms with E-state index in [4.69, 9.17) is 13.8 Å². The first-order valence-corrected chi connectivity index (χ1v) is 10.9. The molecule has 0 aliphatic carbocycles. The number of ether oxygens (including phenoxy) is 1. The van der Waals surface area contributed by atoms with Crippen LogP contribution in [-0.2, 0) is 9.09 Å². The van der Waals surface area contributed by atoms with Crippen molar-refractivity contribution in [1.82, 2.24) is 0 Å². The van der Waals surface area contributed by atoms with Gasteiger partial charge in [0.25, 0.3) is 0 Å². The lowest BCUT2D eigenvalue weighted by Gasteiger charge is -2.19. The molecule has 0 heterocycles. The van der Waals surface area contributed by atoms with Crippen LogP contribution in [0.1, 0.15) is 65.2 Å². The van der Waals surface area contributed by atoms with Crippen LogP contribution in [0.15, 0.2) is 24.3 Å². The normalized spacial score (nSPS) is 13.5. The summed E-state index contributed by atoms with van der Waals surface area (Å²) in [5, 5.41) is 0. The Kier molecular flexibility index (Phi) is 10.9. The van der Waals surface area contributed by atoms with Crippen LogP contribution in [0.2, 0.25) is 0 Å². The molecule has 0 spiro atoms. The summed E-state index contributed by atoms with van der Waals surface area (Å²) in [6.07, 6.45) is 9.35. The second-order valence-corrected chi connectivity index (χ2v) is 8.17. The van der Waals surface area contributed by atoms with Crippen LogP contribution in [0.5, 0.6) is 11.5 Å². The lowest BCUT2D eigenvalue weighted by molar-refractivity contribution is 0.256. The molecule has 4 nitrogen and oxygen atoms in total. The second kappa shape index (κ2) is 12.4. The summed E-state index contributed by atoms with van der Waals surface area (Å²) < 4.78 is 29.5. The Labute approximate surface area is 147 Å². The zero-order valence-electron chi connectivity index (χ0n) is 15.5. The Hall–Kier alpha value is -0.990. The molecule has 0 radical (unpaired) electrons. The summed E-state index contributed by atoms with van der Waals surface area (Å²) in [6, 6.07) is 7.14. The molecule has 1 atom stereocenters. The van der Waals surface area contributed by atoms with Crippen LogP contribution >= 0.6 is 7.60 Å². The lowest BCUT2D eigenvalue weighted by Crippen LogP contribution is -2.04. The highest BCUT2D eigenvalue weighted by atomic mass is 31.2. The molecular weight excluding hydrogens is 323 g/mol. The van der Waals surface area contributed by atoms with Crippen molar-refractivity contribution < 1.29 is 18.3 Å². The zero-order valence-corrected chi connectivity index (χ0v) is 16.4. The Morgan fingerprint density at radius 1 is 0.833 bits per heavy atom. The molecule has 0 fully saturated rings. The van der Waals surface area contributed by atoms with Crippen LogP contribution in [-0.4, -0.2) is 19.9 Å². The highest BCUT2D eigenvalue weighted by molar-refractivity contribution is 7.54. The van der Waals surface area contributed by atoms with Gasteiger partial charge in [0.2, 0.25) is 0 Å². The van der Waals surface area contributed by atoms with E-state index >= 15 is 0 Å². The molecule has 0 saturated heterocycles. The largest absolute Gasteiger partial charge is 0.497 e. The Morgan fingerprint density at radius 2 is 1.42 bits per heavy atom. The molecule has 0 N–H and O–H groups in total. The molecule has 138 valence electrons. The summed E-state index contributed by atoms with van der Waals surface area (Å²) in [5.74, 6) is 1.32. The fourth-order valence-corrected chi connectivity index (χ4v) is 4.20. The van der Waals surface area contributed by atoms with E-state index in [1.165, 1.54) is 25.7 Å². The number of methoxy groups -OCH3 is 1. The Balaban J connectivity index is 2.46. The van der Waals surface area contributed by atoms with Crippen LogP contribution in [0.3, 0.4) is 0 Å². The predicted octanol–water partition coefficient (Wildman–Crippen LogP) is 6.44. The third-order valence-electron chi connectivity index (χ3n) is 3.88. The van der Waals surface area contributed by atoms with E-state index in [0.29, 0.717) is 18.5 Å². The van der Waals surface area contributed by atoms with Gasteiger partial charge in [-0.25, -0.2) is 4.57 Å². The van der Waals surface area contributed by atoms with Gasteiger partial charge in [0.05, 0.1) is 19.9 Å². The zero-order chi connectivity index (χ0) is 17.7. The van der Waals surface area contributed by atoms with Gasteiger partial charge in [0, 0.05) is 0 Å². The maximum absolute atomic E-state index is 13.0. The molecule has 1 unspecified atom stereocenters. The van der Waals surface area contributed by atoms with Crippen molar-refractivity contribution in [3.05, 3.63) is 24.3 Å². The topological polar surface area (TPSA) is 44.8 Å². The molecule has 1 aromatic carbocycles. The smallest absolute Gasteiger partial charge is 0.379 e. The predicted molar refractivity (Wildman–Crippen MR) is 100 cm³/mol. The number of benzene rings is 1. The molecule has 5 heteroatoms. The van der Waals surface area contributed by atoms with Crippen LogP contribution in [0, 0.1) is 0 Å². The fraction of sp³-hybridized carbons (Fsp3) is 0.684. The molecule has 0 saturated carbocycles. The standard InChI is InChI=1S/C19H33O4P/c1-4-6-8-9-10-11-16-22-24(20,17-7-5-2)23-19-14-12-18(21-3)13-15-19/h12-15H,4-11,16-17H2,1-3H3. The fourth-order valence-electron chi connectivity index (χ4n) is 2.37. The molecule has 24 heavy (non-hydrogen) atoms. The summed E-state index contributed by atoms with van der Waals surface area (Å²) in [4.78, 5) is 0. The van der Waals surface area contributed by atoms with Gasteiger partial charge in [-0.15, -0.1) is 0 Å². The highest BCUT2D eigenvalue weighted by Crippen LogP contribution is 2.49. The molecule has 0 aromatic heterocycles. The number of rotatable bonds is 14. The quantitative estimate of drug-likeness (QED) is 0.284. The van der Waals surface area contributed by atoms with E-state index in [1.807, 2.05) is 0 Å². The van der Waals surface area contributed by atoms with Gasteiger partial charge in [-0.2, -0.15) is 0 Å². The average molecular weight is 356 g/mol. The number of hydrogen-bond acceptors (Lipinski definition) is 4. The van der Waals surface area contributed by atoms with Crippen molar-refractivity contribution in [2.75, 3.05) is 19.9 Å². The van der Waals surface area contributed by atoms with Crippen molar-refractivity contribution in [2.45, 2.75) is 65.2 Å². The Bertz CT molecular complexity index is 473. The van der Waals surface area contributed by atoms with Gasteiger partial charge in [-0.3, -0.25) is 4.52 Å². The van der Waals surface area contributed by atoms with E-state index in [0.717, 1.165) is 31.4 Å². The van der Waals surface area contributed by atoms with Gasteiger partial charge in [-0.05, 0) is 37.1 Å². The van der Waals surface area contributed by atoms with Gasteiger partial charge in [0.1, 0.15) is 11.5 Å². The van der Waals surface area contributed by atoms with E-state index in [1.54, 1.807) is 31.4 Å². The SMILES string of the molecule is CCCCCCCCOP(=O)(CCCC)Oc1ccc(OC)cc1. The van der Waals surface area contributed by atoms with Crippen LogP contribution < -0.4 is 9.26 Å². The first-order valence-electron chi connectivity index (χ1n) is 9.20. The van der Waals surface area contributed by atoms with Gasteiger partial charge >= 0.3 is 7.60 Å². The van der Waals surface area contributed by atoms with Gasteiger partial charge in [-0.1, -0.05) is 52.4 Å². The van der Waals surface area contributed by atoms with Gasteiger partial charge in [0.15, 0.2) is 0 Å². The van der Waals surface area contributed by atoms with E-state index in [9.17, 15) is 4.57 Å². The molecular formula is C19H33O4P. The minimum absolute atomic E-state index is 0.464. The number of unbranched alkanes of at least 4 members (excludes halogenated alkanes) is 6. The number of hydrogen-bond donors (Lipinski definition) is 0. The minimum Gasteiger partial charge on any atom is -0.497 e. The minimum atomic E-state index is -3.08. The molecule has 1 rings (SSSR count). The maximum atomic E-state index is 13.0. The van der Waals surface area contributed by atoms with E-state index in [2.05, 4.69) is 13.8 Å². The third-order valence-corrected chi connectivity index (χ3v) is 5.80. The lowest BCUT2D eigenvalue weighted by atomic mass is 10.1. The van der Waals surface area contributed by atoms with Crippen LogP contribution in [0.25, 0.3) is 0 Å². The van der Waals surface area contributed by atoms with Crippen LogP contribution in [0.4, 0.5) is 0 Å². The molecule has 0 amide bonds. The van der Waals surface area contributed by atoms with E-state index < -0.39 is 7.60 Å². The summed E-state index contributed by atoms with van der Waals surface area (Å²) in [7, 11) is -1.47. The maximum Gasteiger partial charge on any atom is 0.379 e. The molecule has 1 aromatic rings. The first-order chi connectivity index (χ1) is 11.6. The summed E-state index contributed by atoms with van der Waals surface area (Å²) >= 11 is 0. The summed E-state index contributed by atoms with van der Waals surface area (Å²) in [6.45, 7) is 4.79. The van der Waals surface area contributed by atoms with Crippen molar-refractivity contribution in [1.29, 1.82) is 0 Å². The molecule has 0 aliphatic rings. The molecule has 0 aliphatic heterocycles. The highest BCUT2D eigenvalue weighted by Gasteiger charge is 2.25. The van der Waals surface area contributed by atoms with Crippen molar-refractivity contribution in [3.8, 4) is 11.5 Å². The van der Waals surface area contributed by atoms with E-state index in [-0.39, 0.29) is 0 Å².